The summed E-state index contributed by atoms with van der Waals surface area (Å²) in [5.74, 6) is -0.137. The van der Waals surface area contributed by atoms with Gasteiger partial charge in [0, 0.05) is 10.9 Å². The number of carbonyl (C=O) groups excluding carboxylic acids is 2. The number of amides is 2. The maximum Gasteiger partial charge on any atom is 0.271 e. The van der Waals surface area contributed by atoms with E-state index in [4.69, 9.17) is 19.6 Å². The minimum absolute atomic E-state index is 0.0331. The molecule has 2 amide bonds. The van der Waals surface area contributed by atoms with Crippen molar-refractivity contribution in [2.45, 2.75) is 0 Å². The number of hydrogen-bond acceptors (Lipinski definition) is 6. The highest BCUT2D eigenvalue weighted by molar-refractivity contribution is 5.96. The van der Waals surface area contributed by atoms with E-state index in [2.05, 4.69) is 10.5 Å². The molecule has 8 nitrogen and oxygen atoms in total. The zero-order chi connectivity index (χ0) is 19.4. The standard InChI is InChI=1S/C19H17N3O5/c1-25-13-8-6-11(7-9-13)18(24)21-22-19-14(17(20)23)10-12-4-3-5-15(26-2)16(12)27-19/h3-10H,1-2H3,(H2,20,23)(H,21,24)/b22-19+. The number of benzene rings is 2. The predicted octanol–water partition coefficient (Wildman–Crippen LogP) is 1.79. The molecule has 0 saturated carbocycles. The summed E-state index contributed by atoms with van der Waals surface area (Å²) in [4.78, 5) is 24.0. The predicted molar refractivity (Wildman–Crippen MR) is 97.3 cm³/mol. The van der Waals surface area contributed by atoms with Gasteiger partial charge in [0.15, 0.2) is 11.3 Å². The van der Waals surface area contributed by atoms with Crippen LogP contribution in [0, 0.1) is 0 Å². The van der Waals surface area contributed by atoms with Gasteiger partial charge in [-0.1, -0.05) is 12.1 Å². The first-order valence-corrected chi connectivity index (χ1v) is 7.92. The Labute approximate surface area is 154 Å². The van der Waals surface area contributed by atoms with E-state index in [0.717, 1.165) is 0 Å². The Bertz CT molecular complexity index is 1070. The Morgan fingerprint density at radius 2 is 1.81 bits per heavy atom. The summed E-state index contributed by atoms with van der Waals surface area (Å²) in [5, 5.41) is 4.53. The van der Waals surface area contributed by atoms with Crippen LogP contribution in [0.5, 0.6) is 11.5 Å². The van der Waals surface area contributed by atoms with E-state index in [-0.39, 0.29) is 11.1 Å². The summed E-state index contributed by atoms with van der Waals surface area (Å²) in [6.07, 6.45) is 0. The van der Waals surface area contributed by atoms with E-state index in [1.54, 1.807) is 42.5 Å². The Morgan fingerprint density at radius 1 is 1.07 bits per heavy atom. The van der Waals surface area contributed by atoms with Crippen LogP contribution in [0.3, 0.4) is 0 Å². The van der Waals surface area contributed by atoms with Crippen molar-refractivity contribution in [2.75, 3.05) is 14.2 Å². The lowest BCUT2D eigenvalue weighted by Crippen LogP contribution is -2.27. The molecule has 0 radical (unpaired) electrons. The van der Waals surface area contributed by atoms with Crippen molar-refractivity contribution in [3.8, 4) is 11.5 Å². The number of rotatable bonds is 5. The molecule has 0 saturated heterocycles. The van der Waals surface area contributed by atoms with Crippen molar-refractivity contribution in [3.05, 3.63) is 65.2 Å². The van der Waals surface area contributed by atoms with Crippen LogP contribution in [0.2, 0.25) is 0 Å². The van der Waals surface area contributed by atoms with Gasteiger partial charge < -0.3 is 19.6 Å². The van der Waals surface area contributed by atoms with Gasteiger partial charge >= 0.3 is 0 Å². The molecule has 0 unspecified atom stereocenters. The molecule has 27 heavy (non-hydrogen) atoms. The Hall–Kier alpha value is -3.81. The lowest BCUT2D eigenvalue weighted by molar-refractivity contribution is 0.0946. The maximum absolute atomic E-state index is 12.3. The van der Waals surface area contributed by atoms with Crippen molar-refractivity contribution in [1.29, 1.82) is 0 Å². The second-order valence-electron chi connectivity index (χ2n) is 5.49. The van der Waals surface area contributed by atoms with Crippen LogP contribution >= 0.6 is 0 Å². The number of ether oxygens (including phenoxy) is 2. The van der Waals surface area contributed by atoms with Crippen LogP contribution in [0.25, 0.3) is 11.0 Å². The van der Waals surface area contributed by atoms with E-state index in [9.17, 15) is 9.59 Å². The molecule has 8 heteroatoms. The lowest BCUT2D eigenvalue weighted by Gasteiger charge is -2.06. The molecule has 0 spiro atoms. The van der Waals surface area contributed by atoms with Crippen molar-refractivity contribution in [3.63, 3.8) is 0 Å². The smallest absolute Gasteiger partial charge is 0.271 e. The minimum atomic E-state index is -0.735. The molecular weight excluding hydrogens is 350 g/mol. The molecule has 0 atom stereocenters. The number of methoxy groups -OCH3 is 2. The fourth-order valence-electron chi connectivity index (χ4n) is 2.45. The fraction of sp³-hybridized carbons (Fsp3) is 0.105. The van der Waals surface area contributed by atoms with Crippen LogP contribution in [0.1, 0.15) is 20.7 Å². The molecular formula is C19H17N3O5. The molecule has 3 rings (SSSR count). The zero-order valence-corrected chi connectivity index (χ0v) is 14.7. The third-order valence-electron chi connectivity index (χ3n) is 3.83. The number of fused-ring (bicyclic) bond motifs is 1. The van der Waals surface area contributed by atoms with Gasteiger partial charge in [-0.25, -0.2) is 5.43 Å². The van der Waals surface area contributed by atoms with Gasteiger partial charge in [0.1, 0.15) is 11.3 Å². The molecule has 1 aromatic heterocycles. The topological polar surface area (TPSA) is 116 Å². The van der Waals surface area contributed by atoms with Gasteiger partial charge in [0.05, 0.1) is 14.2 Å². The van der Waals surface area contributed by atoms with Crippen LogP contribution < -0.4 is 26.2 Å². The van der Waals surface area contributed by atoms with Gasteiger partial charge in [0.25, 0.3) is 11.8 Å². The maximum atomic E-state index is 12.3. The van der Waals surface area contributed by atoms with Crippen LogP contribution in [0.15, 0.2) is 58.0 Å². The number of hydrogen-bond donors (Lipinski definition) is 2. The second-order valence-corrected chi connectivity index (χ2v) is 5.49. The van der Waals surface area contributed by atoms with Gasteiger partial charge in [-0.3, -0.25) is 9.59 Å². The summed E-state index contributed by atoms with van der Waals surface area (Å²) >= 11 is 0. The fourth-order valence-corrected chi connectivity index (χ4v) is 2.45. The third kappa shape index (κ3) is 3.74. The number of nitrogens with two attached hydrogens (primary N) is 1. The highest BCUT2D eigenvalue weighted by atomic mass is 16.5. The van der Waals surface area contributed by atoms with E-state index < -0.39 is 11.8 Å². The monoisotopic (exact) mass is 367 g/mol. The molecule has 0 aliphatic heterocycles. The molecule has 2 aromatic carbocycles. The normalized spacial score (nSPS) is 11.3. The lowest BCUT2D eigenvalue weighted by atomic mass is 10.1. The molecule has 3 N–H and O–H groups in total. The summed E-state index contributed by atoms with van der Waals surface area (Å²) in [5.41, 5.74) is 8.41. The Morgan fingerprint density at radius 3 is 2.44 bits per heavy atom. The number of nitrogens with zero attached hydrogens (tertiary/aromatic N) is 1. The molecule has 0 bridgehead atoms. The SMILES string of the molecule is COc1ccc(C(=O)N/N=c2/oc3c(OC)cccc3cc2C(N)=O)cc1. The molecule has 0 aliphatic rings. The van der Waals surface area contributed by atoms with E-state index in [1.807, 2.05) is 0 Å². The molecule has 0 aliphatic carbocycles. The Balaban J connectivity index is 2.01. The van der Waals surface area contributed by atoms with Crippen molar-refractivity contribution in [1.82, 2.24) is 5.43 Å². The number of nitrogens with one attached hydrogen (secondary N) is 1. The first-order valence-electron chi connectivity index (χ1n) is 7.92. The average molecular weight is 367 g/mol. The summed E-state index contributed by atoms with van der Waals surface area (Å²) in [6.45, 7) is 0. The molecule has 0 fully saturated rings. The quantitative estimate of drug-likeness (QED) is 0.667. The average Bonchev–Trinajstić information content (AvgIpc) is 2.70. The summed E-state index contributed by atoms with van der Waals surface area (Å²) in [7, 11) is 3.03. The molecule has 138 valence electrons. The number of para-hydroxylation sites is 1. The molecule has 1 heterocycles. The van der Waals surface area contributed by atoms with Crippen molar-refractivity contribution in [2.24, 2.45) is 10.8 Å². The largest absolute Gasteiger partial charge is 0.497 e. The molecule has 3 aromatic rings. The second kappa shape index (κ2) is 7.61. The van der Waals surface area contributed by atoms with Gasteiger partial charge in [-0.05, 0) is 36.4 Å². The number of carbonyl (C=O) groups is 2. The first-order chi connectivity index (χ1) is 13.0. The highest BCUT2D eigenvalue weighted by Gasteiger charge is 2.13. The minimum Gasteiger partial charge on any atom is -0.497 e. The van der Waals surface area contributed by atoms with Crippen LogP contribution in [-0.4, -0.2) is 26.0 Å². The Kier molecular flexibility index (Phi) is 5.07. The van der Waals surface area contributed by atoms with Gasteiger partial charge in [0.2, 0.25) is 5.55 Å². The first kappa shape index (κ1) is 18.0. The number of primary amides is 1. The summed E-state index contributed by atoms with van der Waals surface area (Å²) in [6, 6.07) is 13.2. The van der Waals surface area contributed by atoms with E-state index >= 15 is 0 Å². The van der Waals surface area contributed by atoms with Crippen LogP contribution in [0.4, 0.5) is 0 Å². The summed E-state index contributed by atoms with van der Waals surface area (Å²) < 4.78 is 16.0. The van der Waals surface area contributed by atoms with E-state index in [1.165, 1.54) is 20.3 Å². The van der Waals surface area contributed by atoms with Crippen LogP contribution in [-0.2, 0) is 0 Å². The highest BCUT2D eigenvalue weighted by Crippen LogP contribution is 2.24. The van der Waals surface area contributed by atoms with Crippen molar-refractivity contribution >= 4 is 22.8 Å². The van der Waals surface area contributed by atoms with E-state index in [0.29, 0.717) is 28.0 Å². The van der Waals surface area contributed by atoms with Gasteiger partial charge in [-0.15, -0.1) is 5.10 Å². The van der Waals surface area contributed by atoms with Gasteiger partial charge in [-0.2, -0.15) is 0 Å². The third-order valence-corrected chi connectivity index (χ3v) is 3.83. The zero-order valence-electron chi connectivity index (χ0n) is 14.7. The van der Waals surface area contributed by atoms with Crippen molar-refractivity contribution < 1.29 is 23.5 Å².